The van der Waals surface area contributed by atoms with Gasteiger partial charge in [0.25, 0.3) is 5.56 Å². The number of nitrogens with zero attached hydrogens (tertiary/aromatic N) is 4. The highest BCUT2D eigenvalue weighted by molar-refractivity contribution is 7.20. The van der Waals surface area contributed by atoms with Crippen LogP contribution in [0.25, 0.3) is 10.2 Å². The fourth-order valence-electron chi connectivity index (χ4n) is 2.49. The van der Waals surface area contributed by atoms with Crippen LogP contribution in [0.15, 0.2) is 15.6 Å². The molecule has 25 heavy (non-hydrogen) atoms. The summed E-state index contributed by atoms with van der Waals surface area (Å²) in [7, 11) is 0. The van der Waals surface area contributed by atoms with Gasteiger partial charge < -0.3 is 9.26 Å². The minimum absolute atomic E-state index is 0.141. The molecule has 0 atom stereocenters. The number of aryl methyl sites for hydroxylation is 2. The molecule has 3 aromatic heterocycles. The molecule has 3 rings (SSSR count). The van der Waals surface area contributed by atoms with Crippen LogP contribution in [0.3, 0.4) is 0 Å². The highest BCUT2D eigenvalue weighted by Crippen LogP contribution is 2.27. The van der Waals surface area contributed by atoms with Crippen LogP contribution in [0.5, 0.6) is 0 Å². The lowest BCUT2D eigenvalue weighted by Crippen LogP contribution is -2.21. The zero-order chi connectivity index (χ0) is 18.0. The monoisotopic (exact) mass is 362 g/mol. The summed E-state index contributed by atoms with van der Waals surface area (Å²) in [6.45, 7) is 5.91. The van der Waals surface area contributed by atoms with Gasteiger partial charge in [0.05, 0.1) is 18.3 Å². The standard InChI is InChI=1S/C16H18N4O4S/c1-4-6-10-18-11(24-19-10)7-20-8-17-14-12(15(20)21)9(3)13(25-14)16(22)23-5-2/h8H,4-7H2,1-3H3. The molecular weight excluding hydrogens is 344 g/mol. The van der Waals surface area contributed by atoms with Crippen LogP contribution in [0.1, 0.15) is 47.2 Å². The predicted octanol–water partition coefficient (Wildman–Crippen LogP) is 2.33. The fourth-order valence-corrected chi connectivity index (χ4v) is 3.52. The van der Waals surface area contributed by atoms with Gasteiger partial charge in [-0.1, -0.05) is 12.1 Å². The first kappa shape index (κ1) is 17.3. The number of hydrogen-bond donors (Lipinski definition) is 0. The van der Waals surface area contributed by atoms with Gasteiger partial charge in [0.2, 0.25) is 5.89 Å². The molecule has 0 saturated carbocycles. The topological polar surface area (TPSA) is 100 Å². The molecule has 0 unspecified atom stereocenters. The molecule has 9 heteroatoms. The van der Waals surface area contributed by atoms with E-state index in [1.54, 1.807) is 13.8 Å². The van der Waals surface area contributed by atoms with Crippen LogP contribution < -0.4 is 5.56 Å². The quantitative estimate of drug-likeness (QED) is 0.620. The van der Waals surface area contributed by atoms with Gasteiger partial charge in [-0.3, -0.25) is 9.36 Å². The van der Waals surface area contributed by atoms with Gasteiger partial charge in [-0.05, 0) is 25.8 Å². The number of carbonyl (C=O) groups is 1. The van der Waals surface area contributed by atoms with E-state index < -0.39 is 5.97 Å². The van der Waals surface area contributed by atoms with Crippen molar-refractivity contribution in [2.45, 2.75) is 40.2 Å². The van der Waals surface area contributed by atoms with E-state index in [0.717, 1.165) is 24.2 Å². The van der Waals surface area contributed by atoms with Crippen LogP contribution in [0, 0.1) is 6.92 Å². The van der Waals surface area contributed by atoms with E-state index in [-0.39, 0.29) is 18.7 Å². The van der Waals surface area contributed by atoms with Crippen molar-refractivity contribution in [2.24, 2.45) is 0 Å². The van der Waals surface area contributed by atoms with E-state index in [0.29, 0.717) is 32.4 Å². The van der Waals surface area contributed by atoms with Gasteiger partial charge >= 0.3 is 5.97 Å². The van der Waals surface area contributed by atoms with Crippen molar-refractivity contribution in [1.82, 2.24) is 19.7 Å². The molecule has 0 aliphatic heterocycles. The number of ether oxygens (including phenoxy) is 1. The molecule has 0 fully saturated rings. The lowest BCUT2D eigenvalue weighted by molar-refractivity contribution is 0.0531. The van der Waals surface area contributed by atoms with Crippen molar-refractivity contribution in [3.05, 3.63) is 38.8 Å². The highest BCUT2D eigenvalue weighted by Gasteiger charge is 2.20. The predicted molar refractivity (Wildman–Crippen MR) is 92.0 cm³/mol. The molecule has 0 radical (unpaired) electrons. The zero-order valence-corrected chi connectivity index (χ0v) is 15.1. The molecule has 0 bridgehead atoms. The SMILES string of the molecule is CCCc1noc(Cn2cnc3sc(C(=O)OCC)c(C)c3c2=O)n1. The summed E-state index contributed by atoms with van der Waals surface area (Å²) in [5.74, 6) is 0.538. The first-order valence-corrected chi connectivity index (χ1v) is 8.83. The van der Waals surface area contributed by atoms with Gasteiger partial charge in [0.1, 0.15) is 16.3 Å². The number of esters is 1. The first-order chi connectivity index (χ1) is 12.0. The Balaban J connectivity index is 1.97. The summed E-state index contributed by atoms with van der Waals surface area (Å²) in [5, 5.41) is 4.30. The number of fused-ring (bicyclic) bond motifs is 1. The summed E-state index contributed by atoms with van der Waals surface area (Å²) in [5.41, 5.74) is 0.340. The Morgan fingerprint density at radius 2 is 2.20 bits per heavy atom. The number of aromatic nitrogens is 4. The van der Waals surface area contributed by atoms with Crippen molar-refractivity contribution in [1.29, 1.82) is 0 Å². The minimum atomic E-state index is -0.435. The van der Waals surface area contributed by atoms with Gasteiger partial charge in [0.15, 0.2) is 5.82 Å². The molecule has 0 saturated heterocycles. The van der Waals surface area contributed by atoms with E-state index >= 15 is 0 Å². The summed E-state index contributed by atoms with van der Waals surface area (Å²) < 4.78 is 11.6. The number of rotatable bonds is 6. The maximum atomic E-state index is 12.8. The summed E-state index contributed by atoms with van der Waals surface area (Å²) in [4.78, 5) is 34.2. The average Bonchev–Trinajstić information content (AvgIpc) is 3.16. The van der Waals surface area contributed by atoms with E-state index in [1.807, 2.05) is 6.92 Å². The van der Waals surface area contributed by atoms with Crippen LogP contribution in [0.2, 0.25) is 0 Å². The molecule has 0 aliphatic carbocycles. The third-order valence-electron chi connectivity index (χ3n) is 3.67. The van der Waals surface area contributed by atoms with Crippen LogP contribution in [-0.2, 0) is 17.7 Å². The Morgan fingerprint density at radius 3 is 2.92 bits per heavy atom. The molecule has 0 aromatic carbocycles. The molecule has 132 valence electrons. The van der Waals surface area contributed by atoms with Crippen LogP contribution in [0.4, 0.5) is 0 Å². The Labute approximate surface area is 147 Å². The number of carbonyl (C=O) groups excluding carboxylic acids is 1. The normalized spacial score (nSPS) is 11.2. The molecule has 0 amide bonds. The zero-order valence-electron chi connectivity index (χ0n) is 14.2. The van der Waals surface area contributed by atoms with Crippen LogP contribution in [-0.4, -0.2) is 32.3 Å². The van der Waals surface area contributed by atoms with Gasteiger partial charge in [-0.15, -0.1) is 11.3 Å². The smallest absolute Gasteiger partial charge is 0.348 e. The minimum Gasteiger partial charge on any atom is -0.462 e. The Hall–Kier alpha value is -2.55. The van der Waals surface area contributed by atoms with E-state index in [1.165, 1.54) is 10.9 Å². The largest absolute Gasteiger partial charge is 0.462 e. The average molecular weight is 362 g/mol. The summed E-state index contributed by atoms with van der Waals surface area (Å²) in [6, 6.07) is 0. The van der Waals surface area contributed by atoms with Crippen LogP contribution >= 0.6 is 11.3 Å². The second kappa shape index (κ2) is 7.14. The van der Waals surface area contributed by atoms with Crippen molar-refractivity contribution < 1.29 is 14.1 Å². The van der Waals surface area contributed by atoms with Gasteiger partial charge in [-0.2, -0.15) is 4.98 Å². The van der Waals surface area contributed by atoms with Crippen molar-refractivity contribution >= 4 is 27.5 Å². The molecule has 0 aliphatic rings. The Bertz CT molecular complexity index is 972. The molecule has 3 aromatic rings. The first-order valence-electron chi connectivity index (χ1n) is 8.02. The van der Waals surface area contributed by atoms with E-state index in [9.17, 15) is 9.59 Å². The Kier molecular flexibility index (Phi) is 4.93. The lowest BCUT2D eigenvalue weighted by Gasteiger charge is -2.02. The van der Waals surface area contributed by atoms with Crippen molar-refractivity contribution in [3.8, 4) is 0 Å². The molecule has 0 spiro atoms. The van der Waals surface area contributed by atoms with Gasteiger partial charge in [-0.25, -0.2) is 9.78 Å². The van der Waals surface area contributed by atoms with E-state index in [2.05, 4.69) is 15.1 Å². The molecule has 8 nitrogen and oxygen atoms in total. The molecular formula is C16H18N4O4S. The maximum absolute atomic E-state index is 12.8. The second-order valence-electron chi connectivity index (χ2n) is 5.49. The third kappa shape index (κ3) is 3.32. The maximum Gasteiger partial charge on any atom is 0.348 e. The number of thiophene rings is 1. The fraction of sp³-hybridized carbons (Fsp3) is 0.438. The summed E-state index contributed by atoms with van der Waals surface area (Å²) in [6.07, 6.45) is 3.07. The second-order valence-corrected chi connectivity index (χ2v) is 6.49. The third-order valence-corrected chi connectivity index (χ3v) is 4.85. The molecule has 0 N–H and O–H groups in total. The van der Waals surface area contributed by atoms with Crippen molar-refractivity contribution in [3.63, 3.8) is 0 Å². The van der Waals surface area contributed by atoms with Gasteiger partial charge in [0, 0.05) is 6.42 Å². The number of hydrogen-bond acceptors (Lipinski definition) is 8. The summed E-state index contributed by atoms with van der Waals surface area (Å²) >= 11 is 1.16. The highest BCUT2D eigenvalue weighted by atomic mass is 32.1. The van der Waals surface area contributed by atoms with E-state index in [4.69, 9.17) is 9.26 Å². The Morgan fingerprint density at radius 1 is 1.40 bits per heavy atom. The molecule has 3 heterocycles. The van der Waals surface area contributed by atoms with Crippen molar-refractivity contribution in [2.75, 3.05) is 6.61 Å². The lowest BCUT2D eigenvalue weighted by atomic mass is 10.2.